The predicted molar refractivity (Wildman–Crippen MR) is 101 cm³/mol. The quantitative estimate of drug-likeness (QED) is 0.661. The second kappa shape index (κ2) is 7.99. The summed E-state index contributed by atoms with van der Waals surface area (Å²) in [6, 6.07) is 0. The van der Waals surface area contributed by atoms with E-state index in [1.165, 1.54) is 17.4 Å². The van der Waals surface area contributed by atoms with Gasteiger partial charge in [-0.3, -0.25) is 14.4 Å². The van der Waals surface area contributed by atoms with Crippen molar-refractivity contribution in [1.82, 2.24) is 20.6 Å². The van der Waals surface area contributed by atoms with E-state index in [0.717, 1.165) is 29.5 Å². The normalized spacial score (nSPS) is 16.3. The number of rotatable bonds is 6. The predicted octanol–water partition coefficient (Wildman–Crippen LogP) is 1.29. The van der Waals surface area contributed by atoms with Crippen molar-refractivity contribution in [2.24, 2.45) is 5.92 Å². The van der Waals surface area contributed by atoms with E-state index in [0.29, 0.717) is 31.3 Å². The molecule has 2 aromatic heterocycles. The molecule has 26 heavy (non-hydrogen) atoms. The van der Waals surface area contributed by atoms with E-state index in [1.807, 2.05) is 0 Å². The van der Waals surface area contributed by atoms with Gasteiger partial charge in [-0.05, 0) is 30.7 Å². The van der Waals surface area contributed by atoms with Crippen LogP contribution in [0, 0.1) is 5.92 Å². The van der Waals surface area contributed by atoms with Gasteiger partial charge in [-0.2, -0.15) is 0 Å². The van der Waals surface area contributed by atoms with Crippen LogP contribution in [0.4, 0.5) is 0 Å². The van der Waals surface area contributed by atoms with Gasteiger partial charge in [0.15, 0.2) is 0 Å². The van der Waals surface area contributed by atoms with Gasteiger partial charge in [0.1, 0.15) is 10.7 Å². The van der Waals surface area contributed by atoms with Crippen LogP contribution in [0.3, 0.4) is 0 Å². The Balaban J connectivity index is 1.63. The summed E-state index contributed by atoms with van der Waals surface area (Å²) in [6.07, 6.45) is 3.70. The Labute approximate surface area is 155 Å². The minimum atomic E-state index is -0.127. The first-order valence-corrected chi connectivity index (χ1v) is 9.80. The fraction of sp³-hybridized carbons (Fsp3) is 0.556. The van der Waals surface area contributed by atoms with Gasteiger partial charge in [0.2, 0.25) is 11.8 Å². The van der Waals surface area contributed by atoms with Crippen LogP contribution in [0.1, 0.15) is 43.0 Å². The molecule has 0 unspecified atom stereocenters. The number of nitrogens with one attached hydrogen (secondary N) is 3. The van der Waals surface area contributed by atoms with Crippen molar-refractivity contribution in [3.05, 3.63) is 26.6 Å². The summed E-state index contributed by atoms with van der Waals surface area (Å²) in [7, 11) is 0. The second-order valence-electron chi connectivity index (χ2n) is 6.88. The lowest BCUT2D eigenvalue weighted by atomic mass is 9.89. The van der Waals surface area contributed by atoms with Crippen LogP contribution < -0.4 is 16.2 Å². The maximum Gasteiger partial charge on any atom is 0.259 e. The number of aryl methyl sites for hydroxylation is 2. The highest BCUT2D eigenvalue weighted by Crippen LogP contribution is 2.35. The molecule has 2 amide bonds. The van der Waals surface area contributed by atoms with Crippen LogP contribution >= 0.6 is 11.3 Å². The first-order chi connectivity index (χ1) is 12.4. The number of aromatic nitrogens is 2. The van der Waals surface area contributed by atoms with Crippen molar-refractivity contribution in [3.8, 4) is 0 Å². The lowest BCUT2D eigenvalue weighted by Crippen LogP contribution is -2.33. The van der Waals surface area contributed by atoms with Crippen LogP contribution in [0.5, 0.6) is 0 Å². The van der Waals surface area contributed by atoms with Gasteiger partial charge in [0.25, 0.3) is 5.56 Å². The van der Waals surface area contributed by atoms with E-state index in [2.05, 4.69) is 27.5 Å². The van der Waals surface area contributed by atoms with E-state index >= 15 is 0 Å². The molecule has 3 N–H and O–H groups in total. The summed E-state index contributed by atoms with van der Waals surface area (Å²) in [5.74, 6) is 0.946. The first kappa shape index (κ1) is 18.6. The topological polar surface area (TPSA) is 104 Å². The molecule has 0 spiro atoms. The molecule has 1 atom stereocenters. The van der Waals surface area contributed by atoms with Crippen LogP contribution in [-0.2, 0) is 28.9 Å². The van der Waals surface area contributed by atoms with Crippen LogP contribution in [0.15, 0.2) is 4.79 Å². The van der Waals surface area contributed by atoms with Gasteiger partial charge in [-0.15, -0.1) is 11.3 Å². The molecule has 3 rings (SSSR count). The van der Waals surface area contributed by atoms with Crippen molar-refractivity contribution < 1.29 is 9.59 Å². The molecular weight excluding hydrogens is 352 g/mol. The Morgan fingerprint density at radius 2 is 2.08 bits per heavy atom. The minimum Gasteiger partial charge on any atom is -0.355 e. The number of amides is 2. The molecule has 0 aromatic carbocycles. The molecule has 2 aromatic rings. The van der Waals surface area contributed by atoms with Gasteiger partial charge in [-0.25, -0.2) is 4.98 Å². The van der Waals surface area contributed by atoms with Crippen LogP contribution in [0.25, 0.3) is 10.2 Å². The minimum absolute atomic E-state index is 0.0943. The third-order valence-electron chi connectivity index (χ3n) is 4.62. The number of carbonyl (C=O) groups is 2. The van der Waals surface area contributed by atoms with Crippen molar-refractivity contribution in [3.63, 3.8) is 0 Å². The van der Waals surface area contributed by atoms with Crippen molar-refractivity contribution in [2.45, 2.75) is 46.0 Å². The Morgan fingerprint density at radius 3 is 2.85 bits per heavy atom. The smallest absolute Gasteiger partial charge is 0.259 e. The van der Waals surface area contributed by atoms with Crippen LogP contribution in [0.2, 0.25) is 0 Å². The van der Waals surface area contributed by atoms with Crippen LogP contribution in [-0.4, -0.2) is 34.9 Å². The molecule has 0 bridgehead atoms. The molecule has 7 nitrogen and oxygen atoms in total. The Bertz CT molecular complexity index is 886. The number of carbonyl (C=O) groups excluding carboxylic acids is 2. The zero-order valence-electron chi connectivity index (χ0n) is 15.1. The number of hydrogen-bond acceptors (Lipinski definition) is 5. The summed E-state index contributed by atoms with van der Waals surface area (Å²) < 4.78 is 0. The van der Waals surface area contributed by atoms with Crippen molar-refractivity contribution >= 4 is 33.4 Å². The third-order valence-corrected chi connectivity index (χ3v) is 5.77. The summed E-state index contributed by atoms with van der Waals surface area (Å²) >= 11 is 1.61. The summed E-state index contributed by atoms with van der Waals surface area (Å²) in [6.45, 7) is 4.46. The number of thiophene rings is 1. The van der Waals surface area contributed by atoms with E-state index in [-0.39, 0.29) is 23.8 Å². The molecule has 0 aliphatic heterocycles. The number of fused-ring (bicyclic) bond motifs is 3. The maximum absolute atomic E-state index is 12.5. The average molecular weight is 376 g/mol. The third kappa shape index (κ3) is 4.30. The Hall–Kier alpha value is -2.22. The lowest BCUT2D eigenvalue weighted by Gasteiger charge is -2.17. The number of hydrogen-bond donors (Lipinski definition) is 3. The number of aromatic amines is 1. The summed E-state index contributed by atoms with van der Waals surface area (Å²) in [4.78, 5) is 44.6. The Kier molecular flexibility index (Phi) is 5.70. The largest absolute Gasteiger partial charge is 0.355 e. The second-order valence-corrected chi connectivity index (χ2v) is 7.96. The molecule has 1 aliphatic rings. The first-order valence-electron chi connectivity index (χ1n) is 8.98. The highest BCUT2D eigenvalue weighted by Gasteiger charge is 2.23. The zero-order chi connectivity index (χ0) is 18.7. The summed E-state index contributed by atoms with van der Waals surface area (Å²) in [5.41, 5.74) is 1.07. The monoisotopic (exact) mass is 376 g/mol. The molecule has 0 fully saturated rings. The number of H-pyrrole nitrogens is 1. The fourth-order valence-electron chi connectivity index (χ4n) is 3.27. The molecule has 2 heterocycles. The molecule has 1 aliphatic carbocycles. The highest BCUT2D eigenvalue weighted by molar-refractivity contribution is 7.18. The maximum atomic E-state index is 12.5. The van der Waals surface area contributed by atoms with E-state index < -0.39 is 0 Å². The van der Waals surface area contributed by atoms with E-state index in [9.17, 15) is 14.4 Å². The SMILES string of the molecule is CC(=O)NCCNC(=O)CCc1nc2sc3c(c2c(=O)[nH]1)CC[C@H](C)C3. The molecule has 8 heteroatoms. The summed E-state index contributed by atoms with van der Waals surface area (Å²) in [5, 5.41) is 6.09. The van der Waals surface area contributed by atoms with Gasteiger partial charge < -0.3 is 15.6 Å². The average Bonchev–Trinajstić information content (AvgIpc) is 2.94. The zero-order valence-corrected chi connectivity index (χ0v) is 15.9. The Morgan fingerprint density at radius 1 is 1.31 bits per heavy atom. The standard InChI is InChI=1S/C18H24N4O3S/c1-10-3-4-12-13(9-10)26-18-16(12)17(25)21-14(22-18)5-6-15(24)20-8-7-19-11(2)23/h10H,3-9H2,1-2H3,(H,19,23)(H,20,24)(H,21,22,25)/t10-/m0/s1. The highest BCUT2D eigenvalue weighted by atomic mass is 32.1. The molecule has 0 saturated carbocycles. The lowest BCUT2D eigenvalue weighted by molar-refractivity contribution is -0.122. The van der Waals surface area contributed by atoms with E-state index in [4.69, 9.17) is 0 Å². The van der Waals surface area contributed by atoms with E-state index in [1.54, 1.807) is 11.3 Å². The fourth-order valence-corrected chi connectivity index (χ4v) is 4.67. The number of nitrogens with zero attached hydrogens (tertiary/aromatic N) is 1. The molecule has 0 saturated heterocycles. The molecule has 0 radical (unpaired) electrons. The van der Waals surface area contributed by atoms with Gasteiger partial charge in [-0.1, -0.05) is 6.92 Å². The van der Waals surface area contributed by atoms with Crippen molar-refractivity contribution in [2.75, 3.05) is 13.1 Å². The van der Waals surface area contributed by atoms with Gasteiger partial charge in [0.05, 0.1) is 5.39 Å². The molecular formula is C18H24N4O3S. The van der Waals surface area contributed by atoms with Crippen molar-refractivity contribution in [1.29, 1.82) is 0 Å². The molecule has 140 valence electrons. The van der Waals surface area contributed by atoms with Gasteiger partial charge >= 0.3 is 0 Å². The van der Waals surface area contributed by atoms with Gasteiger partial charge in [0, 0.05) is 37.7 Å².